The molecule has 0 saturated heterocycles. The number of aryl methyl sites for hydroxylation is 1. The monoisotopic (exact) mass is 359 g/mol. The molecule has 2 amide bonds. The molecule has 2 aromatic carbocycles. The molecule has 0 heterocycles. The molecular formula is C19H25N3O4. The largest absolute Gasteiger partial charge is 0.508 e. The number of ether oxygens (including phenoxy) is 1. The lowest BCUT2D eigenvalue weighted by molar-refractivity contribution is 0.106. The number of rotatable bonds is 9. The van der Waals surface area contributed by atoms with Crippen LogP contribution in [0.4, 0.5) is 10.5 Å². The van der Waals surface area contributed by atoms with Crippen LogP contribution in [0.5, 0.6) is 11.5 Å². The number of aliphatic hydroxyl groups is 1. The van der Waals surface area contributed by atoms with Gasteiger partial charge in [-0.05, 0) is 43.3 Å². The van der Waals surface area contributed by atoms with E-state index >= 15 is 0 Å². The highest BCUT2D eigenvalue weighted by molar-refractivity contribution is 5.89. The zero-order chi connectivity index (χ0) is 18.8. The third kappa shape index (κ3) is 7.42. The average Bonchev–Trinajstić information content (AvgIpc) is 2.63. The number of nitrogens with one attached hydrogen (secondary N) is 3. The number of carbonyl (C=O) groups is 1. The van der Waals surface area contributed by atoms with Crippen LogP contribution in [0.3, 0.4) is 0 Å². The van der Waals surface area contributed by atoms with Crippen LogP contribution in [-0.2, 0) is 0 Å². The number of aromatic hydroxyl groups is 1. The predicted molar refractivity (Wildman–Crippen MR) is 101 cm³/mol. The van der Waals surface area contributed by atoms with Crippen molar-refractivity contribution in [1.29, 1.82) is 0 Å². The smallest absolute Gasteiger partial charge is 0.319 e. The first-order valence-electron chi connectivity index (χ1n) is 8.45. The number of phenols is 1. The van der Waals surface area contributed by atoms with Crippen molar-refractivity contribution in [2.24, 2.45) is 0 Å². The number of anilines is 1. The van der Waals surface area contributed by atoms with Gasteiger partial charge in [-0.15, -0.1) is 0 Å². The fraction of sp³-hybridized carbons (Fsp3) is 0.316. The average molecular weight is 359 g/mol. The molecule has 7 heteroatoms. The molecule has 2 aromatic rings. The van der Waals surface area contributed by atoms with Gasteiger partial charge in [0, 0.05) is 25.3 Å². The van der Waals surface area contributed by atoms with Crippen LogP contribution in [0.25, 0.3) is 0 Å². The molecule has 0 aliphatic rings. The number of aliphatic hydroxyl groups excluding tert-OH is 1. The quantitative estimate of drug-likeness (QED) is 0.440. The fourth-order valence-electron chi connectivity index (χ4n) is 2.14. The highest BCUT2D eigenvalue weighted by atomic mass is 16.5. The summed E-state index contributed by atoms with van der Waals surface area (Å²) in [7, 11) is 0. The van der Waals surface area contributed by atoms with Crippen LogP contribution in [0.2, 0.25) is 0 Å². The van der Waals surface area contributed by atoms with E-state index in [1.54, 1.807) is 12.1 Å². The Morgan fingerprint density at radius 2 is 1.77 bits per heavy atom. The Hall–Kier alpha value is -2.77. The lowest BCUT2D eigenvalue weighted by Crippen LogP contribution is -2.38. The Bertz CT molecular complexity index is 674. The minimum atomic E-state index is -0.676. The second-order valence-electron chi connectivity index (χ2n) is 5.91. The van der Waals surface area contributed by atoms with Gasteiger partial charge in [0.2, 0.25) is 0 Å². The second-order valence-corrected chi connectivity index (χ2v) is 5.91. The number of benzene rings is 2. The first-order valence-corrected chi connectivity index (χ1v) is 8.45. The van der Waals surface area contributed by atoms with Crippen LogP contribution in [0, 0.1) is 6.92 Å². The van der Waals surface area contributed by atoms with Gasteiger partial charge in [0.15, 0.2) is 0 Å². The summed E-state index contributed by atoms with van der Waals surface area (Å²) in [5.41, 5.74) is 1.87. The van der Waals surface area contributed by atoms with Crippen molar-refractivity contribution < 1.29 is 19.7 Å². The third-order valence-corrected chi connectivity index (χ3v) is 3.56. The molecule has 0 saturated carbocycles. The van der Waals surface area contributed by atoms with Gasteiger partial charge in [-0.3, -0.25) is 0 Å². The Morgan fingerprint density at radius 1 is 1.08 bits per heavy atom. The molecule has 26 heavy (non-hydrogen) atoms. The number of carbonyl (C=O) groups excluding carboxylic acids is 1. The molecule has 0 aliphatic heterocycles. The number of amides is 2. The molecule has 0 radical (unpaired) electrons. The molecule has 0 bridgehead atoms. The summed E-state index contributed by atoms with van der Waals surface area (Å²) in [6, 6.07) is 13.6. The van der Waals surface area contributed by atoms with E-state index in [2.05, 4.69) is 16.0 Å². The van der Waals surface area contributed by atoms with Crippen molar-refractivity contribution in [3.05, 3.63) is 54.1 Å². The lowest BCUT2D eigenvalue weighted by Gasteiger charge is -2.14. The SMILES string of the molecule is Cc1ccc(NC(=O)NCCNCC(O)COc2ccc(O)cc2)cc1. The zero-order valence-corrected chi connectivity index (χ0v) is 14.7. The highest BCUT2D eigenvalue weighted by Crippen LogP contribution is 2.15. The van der Waals surface area contributed by atoms with Crippen molar-refractivity contribution in [1.82, 2.24) is 10.6 Å². The highest BCUT2D eigenvalue weighted by Gasteiger charge is 2.05. The summed E-state index contributed by atoms with van der Waals surface area (Å²) in [6.07, 6.45) is -0.676. The Kier molecular flexibility index (Phi) is 7.73. The van der Waals surface area contributed by atoms with Crippen LogP contribution in [0.1, 0.15) is 5.56 Å². The molecular weight excluding hydrogens is 334 g/mol. The van der Waals surface area contributed by atoms with Gasteiger partial charge in [-0.1, -0.05) is 17.7 Å². The molecule has 0 spiro atoms. The number of urea groups is 1. The van der Waals surface area contributed by atoms with Crippen LogP contribution in [-0.4, -0.2) is 48.6 Å². The van der Waals surface area contributed by atoms with Gasteiger partial charge in [0.1, 0.15) is 24.2 Å². The standard InChI is InChI=1S/C19H25N3O4/c1-14-2-4-15(5-3-14)22-19(25)21-11-10-20-12-17(24)13-26-18-8-6-16(23)7-9-18/h2-9,17,20,23-24H,10-13H2,1H3,(H2,21,22,25). The molecule has 5 N–H and O–H groups in total. The fourth-order valence-corrected chi connectivity index (χ4v) is 2.14. The summed E-state index contributed by atoms with van der Waals surface area (Å²) in [4.78, 5) is 11.7. The van der Waals surface area contributed by atoms with Crippen LogP contribution < -0.4 is 20.7 Å². The zero-order valence-electron chi connectivity index (χ0n) is 14.7. The summed E-state index contributed by atoms with van der Waals surface area (Å²) in [5.74, 6) is 0.745. The number of hydrogen-bond acceptors (Lipinski definition) is 5. The molecule has 1 atom stereocenters. The lowest BCUT2D eigenvalue weighted by atomic mass is 10.2. The van der Waals surface area contributed by atoms with Gasteiger partial charge in [0.05, 0.1) is 0 Å². The molecule has 140 valence electrons. The first kappa shape index (κ1) is 19.6. The number of phenolic OH excluding ortho intramolecular Hbond substituents is 1. The molecule has 1 unspecified atom stereocenters. The van der Waals surface area contributed by atoms with Crippen molar-refractivity contribution in [2.75, 3.05) is 31.6 Å². The Morgan fingerprint density at radius 3 is 2.46 bits per heavy atom. The molecule has 2 rings (SSSR count). The van der Waals surface area contributed by atoms with E-state index in [9.17, 15) is 15.0 Å². The second kappa shape index (κ2) is 10.3. The topological polar surface area (TPSA) is 103 Å². The Balaban J connectivity index is 1.53. The predicted octanol–water partition coefficient (Wildman–Crippen LogP) is 1.85. The number of hydrogen-bond donors (Lipinski definition) is 5. The van der Waals surface area contributed by atoms with E-state index in [0.29, 0.717) is 25.4 Å². The van der Waals surface area contributed by atoms with E-state index in [1.165, 1.54) is 12.1 Å². The van der Waals surface area contributed by atoms with E-state index in [0.717, 1.165) is 11.3 Å². The summed E-state index contributed by atoms with van der Waals surface area (Å²) < 4.78 is 5.41. The molecule has 0 fully saturated rings. The van der Waals surface area contributed by atoms with Gasteiger partial charge in [0.25, 0.3) is 0 Å². The Labute approximate surface area is 153 Å². The van der Waals surface area contributed by atoms with Gasteiger partial charge in [-0.2, -0.15) is 0 Å². The maximum absolute atomic E-state index is 11.7. The maximum Gasteiger partial charge on any atom is 0.319 e. The maximum atomic E-state index is 11.7. The summed E-state index contributed by atoms with van der Waals surface area (Å²) >= 11 is 0. The van der Waals surface area contributed by atoms with Crippen molar-refractivity contribution in [3.8, 4) is 11.5 Å². The molecule has 7 nitrogen and oxygen atoms in total. The van der Waals surface area contributed by atoms with E-state index in [-0.39, 0.29) is 18.4 Å². The van der Waals surface area contributed by atoms with Crippen LogP contribution in [0.15, 0.2) is 48.5 Å². The van der Waals surface area contributed by atoms with Gasteiger partial charge >= 0.3 is 6.03 Å². The third-order valence-electron chi connectivity index (χ3n) is 3.56. The summed E-state index contributed by atoms with van der Waals surface area (Å²) in [6.45, 7) is 3.43. The summed E-state index contributed by atoms with van der Waals surface area (Å²) in [5, 5.41) is 27.6. The van der Waals surface area contributed by atoms with E-state index < -0.39 is 6.10 Å². The van der Waals surface area contributed by atoms with Crippen LogP contribution >= 0.6 is 0 Å². The van der Waals surface area contributed by atoms with Gasteiger partial charge in [-0.25, -0.2) is 4.79 Å². The minimum Gasteiger partial charge on any atom is -0.508 e. The van der Waals surface area contributed by atoms with Crippen molar-refractivity contribution in [2.45, 2.75) is 13.0 Å². The van der Waals surface area contributed by atoms with Crippen molar-refractivity contribution in [3.63, 3.8) is 0 Å². The normalized spacial score (nSPS) is 11.6. The van der Waals surface area contributed by atoms with E-state index in [1.807, 2.05) is 31.2 Å². The van der Waals surface area contributed by atoms with Crippen molar-refractivity contribution >= 4 is 11.7 Å². The molecule has 0 aromatic heterocycles. The minimum absolute atomic E-state index is 0.138. The van der Waals surface area contributed by atoms with E-state index in [4.69, 9.17) is 4.74 Å². The first-order chi connectivity index (χ1) is 12.5. The molecule has 0 aliphatic carbocycles. The van der Waals surface area contributed by atoms with Gasteiger partial charge < -0.3 is 30.9 Å².